The zero-order valence-corrected chi connectivity index (χ0v) is 9.48. The predicted octanol–water partition coefficient (Wildman–Crippen LogP) is 0.702. The molecule has 2 rings (SSSR count). The van der Waals surface area contributed by atoms with Crippen LogP contribution in [0.15, 0.2) is 0 Å². The summed E-state index contributed by atoms with van der Waals surface area (Å²) < 4.78 is 0. The third-order valence-corrected chi connectivity index (χ3v) is 4.27. The van der Waals surface area contributed by atoms with E-state index in [9.17, 15) is 4.79 Å². The highest BCUT2D eigenvalue weighted by Gasteiger charge is 2.27. The molecular weight excluding hydrogens is 196 g/mol. The van der Waals surface area contributed by atoms with Crippen LogP contribution in [0.3, 0.4) is 0 Å². The fourth-order valence-corrected chi connectivity index (χ4v) is 2.77. The summed E-state index contributed by atoms with van der Waals surface area (Å²) in [6.45, 7) is 1.84. The van der Waals surface area contributed by atoms with Crippen molar-refractivity contribution in [1.82, 2.24) is 10.2 Å². The highest BCUT2D eigenvalue weighted by molar-refractivity contribution is 8.00. The van der Waals surface area contributed by atoms with Crippen LogP contribution in [0.4, 0.5) is 0 Å². The Morgan fingerprint density at radius 2 is 2.29 bits per heavy atom. The lowest BCUT2D eigenvalue weighted by molar-refractivity contribution is -0.127. The van der Waals surface area contributed by atoms with E-state index in [0.29, 0.717) is 17.7 Å². The van der Waals surface area contributed by atoms with Crippen molar-refractivity contribution in [2.45, 2.75) is 30.6 Å². The smallest absolute Gasteiger partial charge is 0.232 e. The minimum Gasteiger partial charge on any atom is -0.340 e. The van der Waals surface area contributed by atoms with E-state index in [0.717, 1.165) is 24.8 Å². The van der Waals surface area contributed by atoms with Gasteiger partial charge in [-0.3, -0.25) is 4.79 Å². The van der Waals surface area contributed by atoms with Gasteiger partial charge >= 0.3 is 0 Å². The molecule has 2 aliphatic rings. The van der Waals surface area contributed by atoms with Gasteiger partial charge < -0.3 is 10.2 Å². The van der Waals surface area contributed by atoms with Gasteiger partial charge in [-0.15, -0.1) is 11.8 Å². The van der Waals surface area contributed by atoms with Crippen LogP contribution in [0.25, 0.3) is 0 Å². The van der Waals surface area contributed by atoms with Gasteiger partial charge in [-0.2, -0.15) is 0 Å². The van der Waals surface area contributed by atoms with Crippen molar-refractivity contribution in [2.75, 3.05) is 25.9 Å². The van der Waals surface area contributed by atoms with Crippen LogP contribution in [0, 0.1) is 0 Å². The zero-order valence-electron chi connectivity index (χ0n) is 8.66. The zero-order chi connectivity index (χ0) is 9.97. The Morgan fingerprint density at radius 3 is 2.86 bits per heavy atom. The molecule has 1 aliphatic heterocycles. The van der Waals surface area contributed by atoms with Gasteiger partial charge in [0.25, 0.3) is 0 Å². The van der Waals surface area contributed by atoms with Crippen LogP contribution in [0.2, 0.25) is 0 Å². The van der Waals surface area contributed by atoms with Gasteiger partial charge in [0.15, 0.2) is 0 Å². The molecule has 1 saturated carbocycles. The minimum absolute atomic E-state index is 0.333. The quantitative estimate of drug-likeness (QED) is 0.748. The summed E-state index contributed by atoms with van der Waals surface area (Å²) in [6.07, 6.45) is 3.74. The fraction of sp³-hybridized carbons (Fsp3) is 0.900. The molecule has 4 heteroatoms. The number of nitrogens with one attached hydrogen (secondary N) is 1. The molecule has 3 nitrogen and oxygen atoms in total. The number of hydrogen-bond acceptors (Lipinski definition) is 3. The van der Waals surface area contributed by atoms with E-state index < -0.39 is 0 Å². The van der Waals surface area contributed by atoms with Crippen LogP contribution >= 0.6 is 11.8 Å². The Hall–Kier alpha value is -0.220. The summed E-state index contributed by atoms with van der Waals surface area (Å²) in [5, 5.41) is 4.02. The molecule has 1 unspecified atom stereocenters. The van der Waals surface area contributed by atoms with Crippen molar-refractivity contribution in [3.8, 4) is 0 Å². The Bertz CT molecular complexity index is 218. The Kier molecular flexibility index (Phi) is 3.34. The second-order valence-electron chi connectivity index (χ2n) is 4.12. The van der Waals surface area contributed by atoms with E-state index in [4.69, 9.17) is 0 Å². The van der Waals surface area contributed by atoms with Gasteiger partial charge in [0.1, 0.15) is 0 Å². The topological polar surface area (TPSA) is 32.3 Å². The van der Waals surface area contributed by atoms with Crippen LogP contribution in [-0.2, 0) is 4.79 Å². The number of carbonyl (C=O) groups is 1. The highest BCUT2D eigenvalue weighted by atomic mass is 32.2. The van der Waals surface area contributed by atoms with E-state index >= 15 is 0 Å². The lowest BCUT2D eigenvalue weighted by atomic mass is 10.3. The van der Waals surface area contributed by atoms with Crippen molar-refractivity contribution in [3.05, 3.63) is 0 Å². The number of rotatable bonds is 4. The first-order valence-corrected chi connectivity index (χ1v) is 6.41. The minimum atomic E-state index is 0.333. The molecule has 1 N–H and O–H groups in total. The first kappa shape index (κ1) is 10.3. The molecule has 1 aliphatic carbocycles. The van der Waals surface area contributed by atoms with Crippen molar-refractivity contribution in [1.29, 1.82) is 0 Å². The Labute approximate surface area is 89.6 Å². The average molecular weight is 214 g/mol. The predicted molar refractivity (Wildman–Crippen MR) is 59.5 cm³/mol. The maximum atomic E-state index is 11.7. The fourth-order valence-electron chi connectivity index (χ4n) is 1.74. The van der Waals surface area contributed by atoms with Gasteiger partial charge in [-0.25, -0.2) is 0 Å². The van der Waals surface area contributed by atoms with Crippen LogP contribution in [-0.4, -0.2) is 48.0 Å². The number of amides is 1. The molecule has 0 aromatic carbocycles. The summed E-state index contributed by atoms with van der Waals surface area (Å²) in [4.78, 5) is 13.7. The monoisotopic (exact) mass is 214 g/mol. The van der Waals surface area contributed by atoms with E-state index in [1.165, 1.54) is 12.8 Å². The Balaban J connectivity index is 1.69. The molecule has 14 heavy (non-hydrogen) atoms. The van der Waals surface area contributed by atoms with E-state index in [1.807, 2.05) is 23.7 Å². The number of nitrogens with zero attached hydrogens (tertiary/aromatic N) is 1. The van der Waals surface area contributed by atoms with E-state index in [1.54, 1.807) is 0 Å². The molecule has 0 radical (unpaired) electrons. The van der Waals surface area contributed by atoms with Gasteiger partial charge in [-0.1, -0.05) is 0 Å². The number of likely N-dealkylation sites (tertiary alicyclic amines) is 1. The van der Waals surface area contributed by atoms with Crippen molar-refractivity contribution in [2.24, 2.45) is 0 Å². The molecule has 0 bridgehead atoms. The molecule has 80 valence electrons. The molecule has 0 aromatic rings. The molecule has 1 atom stereocenters. The number of likely N-dealkylation sites (N-methyl/N-ethyl adjacent to an activating group) is 1. The number of carbonyl (C=O) groups excluding carboxylic acids is 1. The average Bonchev–Trinajstić information content (AvgIpc) is 2.90. The number of hydrogen-bond donors (Lipinski definition) is 1. The third kappa shape index (κ3) is 2.64. The first-order chi connectivity index (χ1) is 6.79. The second-order valence-corrected chi connectivity index (χ2v) is 5.41. The number of thioether (sulfide) groups is 1. The van der Waals surface area contributed by atoms with Gasteiger partial charge in [-0.05, 0) is 26.3 Å². The first-order valence-electron chi connectivity index (χ1n) is 5.36. The summed E-state index contributed by atoms with van der Waals surface area (Å²) in [5.74, 6) is 1.03. The van der Waals surface area contributed by atoms with E-state index in [-0.39, 0.29) is 0 Å². The molecule has 0 spiro atoms. The van der Waals surface area contributed by atoms with Gasteiger partial charge in [0.05, 0.1) is 5.75 Å². The normalized spacial score (nSPS) is 26.9. The second kappa shape index (κ2) is 4.53. The van der Waals surface area contributed by atoms with Crippen molar-refractivity contribution >= 4 is 17.7 Å². The van der Waals surface area contributed by atoms with Crippen molar-refractivity contribution < 1.29 is 4.79 Å². The molecule has 1 heterocycles. The van der Waals surface area contributed by atoms with Crippen LogP contribution < -0.4 is 5.32 Å². The lowest BCUT2D eigenvalue weighted by Gasteiger charge is -2.15. The summed E-state index contributed by atoms with van der Waals surface area (Å²) in [5.41, 5.74) is 0. The van der Waals surface area contributed by atoms with Crippen LogP contribution in [0.1, 0.15) is 19.3 Å². The molecule has 2 fully saturated rings. The van der Waals surface area contributed by atoms with Crippen molar-refractivity contribution in [3.63, 3.8) is 0 Å². The summed E-state index contributed by atoms with van der Waals surface area (Å²) >= 11 is 1.83. The Morgan fingerprint density at radius 1 is 1.50 bits per heavy atom. The van der Waals surface area contributed by atoms with Crippen LogP contribution in [0.5, 0.6) is 0 Å². The summed E-state index contributed by atoms with van der Waals surface area (Å²) in [6, 6.07) is 0.518. The molecule has 1 amide bonds. The standard InChI is InChI=1S/C10H18N2OS/c1-11-8-4-5-12(6-8)10(13)7-14-9-2-3-9/h8-9,11H,2-7H2,1H3. The summed E-state index contributed by atoms with van der Waals surface area (Å²) in [7, 11) is 1.97. The largest absolute Gasteiger partial charge is 0.340 e. The van der Waals surface area contributed by atoms with Gasteiger partial charge in [0, 0.05) is 24.4 Å². The maximum absolute atomic E-state index is 11.7. The maximum Gasteiger partial charge on any atom is 0.232 e. The third-order valence-electron chi connectivity index (χ3n) is 2.92. The molecule has 1 saturated heterocycles. The molecule has 0 aromatic heterocycles. The highest BCUT2D eigenvalue weighted by Crippen LogP contribution is 2.34. The lowest BCUT2D eigenvalue weighted by Crippen LogP contribution is -2.34. The van der Waals surface area contributed by atoms with Gasteiger partial charge in [0.2, 0.25) is 5.91 Å². The van der Waals surface area contributed by atoms with E-state index in [2.05, 4.69) is 5.32 Å². The molecular formula is C10H18N2OS. The SMILES string of the molecule is CNC1CCN(C(=O)CSC2CC2)C1.